The fourth-order valence-corrected chi connectivity index (χ4v) is 4.02. The van der Waals surface area contributed by atoms with Gasteiger partial charge in [-0.05, 0) is 68.3 Å². The number of amides is 1. The molecule has 0 unspecified atom stereocenters. The van der Waals surface area contributed by atoms with Crippen LogP contribution in [0.2, 0.25) is 0 Å². The summed E-state index contributed by atoms with van der Waals surface area (Å²) in [5.41, 5.74) is 2.30. The molecular weight excluding hydrogens is 388 g/mol. The van der Waals surface area contributed by atoms with Crippen LogP contribution in [0.25, 0.3) is 21.8 Å². The van der Waals surface area contributed by atoms with Crippen LogP contribution in [0.15, 0.2) is 65.6 Å². The average molecular weight is 412 g/mol. The van der Waals surface area contributed by atoms with Crippen LogP contribution in [-0.4, -0.2) is 29.0 Å². The molecule has 5 rings (SSSR count). The van der Waals surface area contributed by atoms with Gasteiger partial charge in [-0.15, -0.1) is 0 Å². The molecule has 2 N–H and O–H groups in total. The minimum atomic E-state index is -0.578. The van der Waals surface area contributed by atoms with Gasteiger partial charge in [0.05, 0.1) is 11.1 Å². The fraction of sp³-hybridized carbons (Fsp3) is 0.240. The topological polar surface area (TPSA) is 78.1 Å². The zero-order chi connectivity index (χ0) is 21.6. The molecule has 0 saturated carbocycles. The number of para-hydroxylation sites is 1. The molecule has 3 heterocycles. The van der Waals surface area contributed by atoms with E-state index >= 15 is 0 Å². The van der Waals surface area contributed by atoms with Gasteiger partial charge in [0.15, 0.2) is 5.43 Å². The van der Waals surface area contributed by atoms with Crippen LogP contribution in [0.5, 0.6) is 0 Å². The predicted octanol–water partition coefficient (Wildman–Crippen LogP) is 3.95. The maximum absolute atomic E-state index is 13.1. The number of carbonyl (C=O) groups is 1. The summed E-state index contributed by atoms with van der Waals surface area (Å²) < 4.78 is 0. The number of anilines is 1. The Balaban J connectivity index is 1.45. The molecule has 6 nitrogen and oxygen atoms in total. The van der Waals surface area contributed by atoms with Crippen molar-refractivity contribution >= 4 is 33.5 Å². The lowest BCUT2D eigenvalue weighted by Crippen LogP contribution is -2.42. The molecule has 0 aliphatic carbocycles. The Bertz CT molecular complexity index is 1370. The lowest BCUT2D eigenvalue weighted by molar-refractivity contribution is 0.0912. The minimum Gasteiger partial charge on any atom is -0.356 e. The summed E-state index contributed by atoms with van der Waals surface area (Å²) in [5, 5.41) is 4.34. The summed E-state index contributed by atoms with van der Waals surface area (Å²) in [7, 11) is 0. The van der Waals surface area contributed by atoms with Crippen LogP contribution in [0.4, 0.5) is 5.82 Å². The largest absolute Gasteiger partial charge is 0.356 e. The molecule has 0 bridgehead atoms. The van der Waals surface area contributed by atoms with E-state index in [0.29, 0.717) is 21.9 Å². The minimum absolute atomic E-state index is 0.0352. The molecule has 2 aromatic carbocycles. The molecule has 1 fully saturated rings. The van der Waals surface area contributed by atoms with E-state index in [2.05, 4.69) is 20.2 Å². The van der Waals surface area contributed by atoms with Gasteiger partial charge in [0.1, 0.15) is 5.82 Å². The number of nitrogens with one attached hydrogen (secondary N) is 2. The van der Waals surface area contributed by atoms with Gasteiger partial charge in [-0.25, -0.2) is 4.98 Å². The number of benzene rings is 2. The third kappa shape index (κ3) is 3.44. The first-order valence-electron chi connectivity index (χ1n) is 10.5. The highest BCUT2D eigenvalue weighted by Gasteiger charge is 2.26. The van der Waals surface area contributed by atoms with E-state index in [-0.39, 0.29) is 11.3 Å². The van der Waals surface area contributed by atoms with Gasteiger partial charge < -0.3 is 15.2 Å². The van der Waals surface area contributed by atoms with E-state index < -0.39 is 5.54 Å². The normalized spacial score (nSPS) is 13.9. The highest BCUT2D eigenvalue weighted by atomic mass is 16.1. The maximum atomic E-state index is 13.1. The Labute approximate surface area is 179 Å². The van der Waals surface area contributed by atoms with Gasteiger partial charge in [-0.1, -0.05) is 12.1 Å². The average Bonchev–Trinajstić information content (AvgIpc) is 2.72. The van der Waals surface area contributed by atoms with Crippen molar-refractivity contribution in [1.29, 1.82) is 0 Å². The molecule has 0 atom stereocenters. The summed E-state index contributed by atoms with van der Waals surface area (Å²) >= 11 is 0. The van der Waals surface area contributed by atoms with Gasteiger partial charge >= 0.3 is 0 Å². The van der Waals surface area contributed by atoms with Crippen molar-refractivity contribution < 1.29 is 4.79 Å². The number of hydrogen-bond acceptors (Lipinski definition) is 4. The van der Waals surface area contributed by atoms with Gasteiger partial charge in [-0.2, -0.15) is 0 Å². The lowest BCUT2D eigenvalue weighted by Gasteiger charge is -2.33. The van der Waals surface area contributed by atoms with E-state index in [0.717, 1.165) is 30.0 Å². The van der Waals surface area contributed by atoms with Gasteiger partial charge in [0, 0.05) is 41.1 Å². The standard InChI is InChI=1S/C25H24N4O2/c1-25(2,17-10-11-26-22(15-17)29-12-5-13-29)28-24(31)16-8-9-19-21(14-16)27-20-7-4-3-6-18(20)23(19)30/h3-4,6-11,14-15H,5,12-13H2,1-2H3,(H,27,30)(H,28,31). The van der Waals surface area contributed by atoms with Crippen molar-refractivity contribution in [1.82, 2.24) is 15.3 Å². The van der Waals surface area contributed by atoms with Crippen molar-refractivity contribution in [2.24, 2.45) is 0 Å². The second-order valence-electron chi connectivity index (χ2n) is 8.58. The molecule has 31 heavy (non-hydrogen) atoms. The summed E-state index contributed by atoms with van der Waals surface area (Å²) in [6.45, 7) is 6.01. The number of fused-ring (bicyclic) bond motifs is 2. The van der Waals surface area contributed by atoms with Gasteiger partial charge in [0.2, 0.25) is 0 Å². The summed E-state index contributed by atoms with van der Waals surface area (Å²) in [6.07, 6.45) is 2.98. The SMILES string of the molecule is CC(C)(NC(=O)c1ccc2c(=O)c3ccccc3[nH]c2c1)c1ccnc(N2CCC2)c1. The van der Waals surface area contributed by atoms with Crippen molar-refractivity contribution in [3.8, 4) is 0 Å². The highest BCUT2D eigenvalue weighted by Crippen LogP contribution is 2.26. The zero-order valence-corrected chi connectivity index (χ0v) is 17.6. The molecule has 2 aromatic heterocycles. The number of hydrogen-bond donors (Lipinski definition) is 2. The first-order chi connectivity index (χ1) is 14.9. The summed E-state index contributed by atoms with van der Waals surface area (Å²) in [4.78, 5) is 35.8. The van der Waals surface area contributed by atoms with Crippen molar-refractivity contribution in [2.75, 3.05) is 18.0 Å². The number of aromatic amines is 1. The molecule has 156 valence electrons. The van der Waals surface area contributed by atoms with E-state index in [9.17, 15) is 9.59 Å². The molecule has 1 amide bonds. The number of carbonyl (C=O) groups excluding carboxylic acids is 1. The Morgan fingerprint density at radius 3 is 2.58 bits per heavy atom. The Morgan fingerprint density at radius 2 is 1.81 bits per heavy atom. The molecule has 1 saturated heterocycles. The maximum Gasteiger partial charge on any atom is 0.252 e. The smallest absolute Gasteiger partial charge is 0.252 e. The monoisotopic (exact) mass is 412 g/mol. The second-order valence-corrected chi connectivity index (χ2v) is 8.58. The molecule has 0 spiro atoms. The van der Waals surface area contributed by atoms with Crippen molar-refractivity contribution in [3.05, 3.63) is 82.1 Å². The number of nitrogens with zero attached hydrogens (tertiary/aromatic N) is 2. The highest BCUT2D eigenvalue weighted by molar-refractivity contribution is 6.00. The van der Waals surface area contributed by atoms with Crippen LogP contribution in [0, 0.1) is 0 Å². The molecular formula is C25H24N4O2. The van der Waals surface area contributed by atoms with Crippen LogP contribution in [0.1, 0.15) is 36.2 Å². The van der Waals surface area contributed by atoms with Crippen LogP contribution < -0.4 is 15.6 Å². The molecule has 1 aliphatic rings. The van der Waals surface area contributed by atoms with Crippen LogP contribution in [0.3, 0.4) is 0 Å². The van der Waals surface area contributed by atoms with E-state index in [4.69, 9.17) is 0 Å². The summed E-state index contributed by atoms with van der Waals surface area (Å²) in [5.74, 6) is 0.754. The van der Waals surface area contributed by atoms with Crippen LogP contribution >= 0.6 is 0 Å². The fourth-order valence-electron chi connectivity index (χ4n) is 4.02. The third-order valence-electron chi connectivity index (χ3n) is 6.04. The number of H-pyrrole nitrogens is 1. The molecule has 0 radical (unpaired) electrons. The number of rotatable bonds is 4. The Hall–Kier alpha value is -3.67. The Morgan fingerprint density at radius 1 is 1.03 bits per heavy atom. The summed E-state index contributed by atoms with van der Waals surface area (Å²) in [6, 6.07) is 16.5. The van der Waals surface area contributed by atoms with Crippen molar-refractivity contribution in [2.45, 2.75) is 25.8 Å². The molecule has 1 aliphatic heterocycles. The third-order valence-corrected chi connectivity index (χ3v) is 6.04. The van der Waals surface area contributed by atoms with Crippen molar-refractivity contribution in [3.63, 3.8) is 0 Å². The van der Waals surface area contributed by atoms with E-state index in [1.807, 2.05) is 44.2 Å². The van der Waals surface area contributed by atoms with E-state index in [1.165, 1.54) is 6.42 Å². The molecule has 4 aromatic rings. The molecule has 6 heteroatoms. The lowest BCUT2D eigenvalue weighted by atomic mass is 9.94. The van der Waals surface area contributed by atoms with E-state index in [1.54, 1.807) is 30.5 Å². The Kier molecular flexibility index (Phi) is 4.50. The van der Waals surface area contributed by atoms with Gasteiger partial charge in [-0.3, -0.25) is 9.59 Å². The van der Waals surface area contributed by atoms with Crippen LogP contribution in [-0.2, 0) is 5.54 Å². The quantitative estimate of drug-likeness (QED) is 0.498. The number of pyridine rings is 2. The first kappa shape index (κ1) is 19.3. The first-order valence-corrected chi connectivity index (χ1v) is 10.5. The number of aromatic nitrogens is 2. The van der Waals surface area contributed by atoms with Gasteiger partial charge in [0.25, 0.3) is 5.91 Å². The predicted molar refractivity (Wildman–Crippen MR) is 124 cm³/mol. The zero-order valence-electron chi connectivity index (χ0n) is 17.6. The second kappa shape index (κ2) is 7.23.